The van der Waals surface area contributed by atoms with Gasteiger partial charge in [-0.15, -0.1) is 0 Å². The summed E-state index contributed by atoms with van der Waals surface area (Å²) in [5.41, 5.74) is 7.85. The number of amides is 1. The first-order chi connectivity index (χ1) is 9.75. The summed E-state index contributed by atoms with van der Waals surface area (Å²) < 4.78 is 1.66. The van der Waals surface area contributed by atoms with E-state index in [0.29, 0.717) is 11.4 Å². The minimum atomic E-state index is 0.0120. The van der Waals surface area contributed by atoms with E-state index in [9.17, 15) is 4.79 Å². The van der Waals surface area contributed by atoms with Crippen LogP contribution in [0.25, 0.3) is 5.69 Å². The molecule has 1 saturated heterocycles. The molecule has 1 amide bonds. The maximum atomic E-state index is 12.3. The van der Waals surface area contributed by atoms with Crippen LogP contribution in [0.2, 0.25) is 0 Å². The summed E-state index contributed by atoms with van der Waals surface area (Å²) in [6.45, 7) is 1.67. The number of piperidine rings is 1. The van der Waals surface area contributed by atoms with Gasteiger partial charge in [0.25, 0.3) is 5.91 Å². The Morgan fingerprint density at radius 2 is 1.85 bits per heavy atom. The fourth-order valence-corrected chi connectivity index (χ4v) is 2.53. The Morgan fingerprint density at radius 1 is 1.10 bits per heavy atom. The van der Waals surface area contributed by atoms with Gasteiger partial charge in [0, 0.05) is 19.3 Å². The molecule has 5 heteroatoms. The highest BCUT2D eigenvalue weighted by Gasteiger charge is 2.20. The van der Waals surface area contributed by atoms with Gasteiger partial charge in [0.1, 0.15) is 0 Å². The number of nitrogens with two attached hydrogens (primary N) is 1. The summed E-state index contributed by atoms with van der Waals surface area (Å²) in [7, 11) is 0. The van der Waals surface area contributed by atoms with Crippen LogP contribution in [0.3, 0.4) is 0 Å². The molecule has 3 rings (SSSR count). The van der Waals surface area contributed by atoms with Crippen LogP contribution in [-0.2, 0) is 0 Å². The zero-order valence-electron chi connectivity index (χ0n) is 11.3. The molecule has 1 aliphatic heterocycles. The monoisotopic (exact) mass is 270 g/mol. The Labute approximate surface area is 118 Å². The Balaban J connectivity index is 1.83. The minimum Gasteiger partial charge on any atom is -0.397 e. The van der Waals surface area contributed by atoms with E-state index in [1.54, 1.807) is 16.9 Å². The first kappa shape index (κ1) is 12.7. The van der Waals surface area contributed by atoms with Crippen molar-refractivity contribution in [2.24, 2.45) is 0 Å². The van der Waals surface area contributed by atoms with Crippen molar-refractivity contribution in [1.82, 2.24) is 14.7 Å². The SMILES string of the molecule is Nc1ccccc1-n1ccc(C(=O)N2CCCCC2)n1. The Bertz CT molecular complexity index is 614. The second-order valence-electron chi connectivity index (χ2n) is 5.06. The lowest BCUT2D eigenvalue weighted by Gasteiger charge is -2.25. The predicted octanol–water partition coefficient (Wildman–Crippen LogP) is 2.08. The quantitative estimate of drug-likeness (QED) is 0.850. The Morgan fingerprint density at radius 3 is 2.60 bits per heavy atom. The summed E-state index contributed by atoms with van der Waals surface area (Å²) >= 11 is 0. The Kier molecular flexibility index (Phi) is 3.41. The lowest BCUT2D eigenvalue weighted by molar-refractivity contribution is 0.0718. The number of nitrogen functional groups attached to an aromatic ring is 1. The van der Waals surface area contributed by atoms with Crippen molar-refractivity contribution in [3.8, 4) is 5.69 Å². The summed E-state index contributed by atoms with van der Waals surface area (Å²) in [5.74, 6) is 0.0120. The summed E-state index contributed by atoms with van der Waals surface area (Å²) in [5, 5.41) is 4.36. The van der Waals surface area contributed by atoms with Gasteiger partial charge in [-0.3, -0.25) is 4.79 Å². The number of carbonyl (C=O) groups is 1. The maximum absolute atomic E-state index is 12.3. The molecule has 2 heterocycles. The highest BCUT2D eigenvalue weighted by atomic mass is 16.2. The van der Waals surface area contributed by atoms with Gasteiger partial charge in [0.2, 0.25) is 0 Å². The first-order valence-corrected chi connectivity index (χ1v) is 6.95. The molecule has 0 saturated carbocycles. The molecule has 0 unspecified atom stereocenters. The summed E-state index contributed by atoms with van der Waals surface area (Å²) in [6, 6.07) is 9.24. The number of rotatable bonds is 2. The molecule has 104 valence electrons. The van der Waals surface area contributed by atoms with Crippen LogP contribution < -0.4 is 5.73 Å². The van der Waals surface area contributed by atoms with Crippen molar-refractivity contribution >= 4 is 11.6 Å². The number of aromatic nitrogens is 2. The molecule has 0 bridgehead atoms. The normalized spacial score (nSPS) is 15.3. The lowest BCUT2D eigenvalue weighted by Crippen LogP contribution is -2.35. The summed E-state index contributed by atoms with van der Waals surface area (Å²) in [6.07, 6.45) is 5.15. The smallest absolute Gasteiger partial charge is 0.274 e. The minimum absolute atomic E-state index is 0.0120. The topological polar surface area (TPSA) is 64.2 Å². The molecule has 1 aromatic carbocycles. The predicted molar refractivity (Wildman–Crippen MR) is 77.7 cm³/mol. The van der Waals surface area contributed by atoms with Crippen LogP contribution in [0, 0.1) is 0 Å². The average Bonchev–Trinajstić information content (AvgIpc) is 2.97. The number of para-hydroxylation sites is 2. The zero-order valence-corrected chi connectivity index (χ0v) is 11.3. The van der Waals surface area contributed by atoms with Crippen molar-refractivity contribution in [2.75, 3.05) is 18.8 Å². The van der Waals surface area contributed by atoms with E-state index < -0.39 is 0 Å². The van der Waals surface area contributed by atoms with Crippen LogP contribution >= 0.6 is 0 Å². The van der Waals surface area contributed by atoms with Gasteiger partial charge in [-0.2, -0.15) is 5.10 Å². The first-order valence-electron chi connectivity index (χ1n) is 6.95. The number of benzene rings is 1. The molecule has 2 N–H and O–H groups in total. The molecule has 2 aromatic rings. The van der Waals surface area contributed by atoms with Crippen LogP contribution in [0.4, 0.5) is 5.69 Å². The number of hydrogen-bond acceptors (Lipinski definition) is 3. The lowest BCUT2D eigenvalue weighted by atomic mass is 10.1. The van der Waals surface area contributed by atoms with Gasteiger partial charge >= 0.3 is 0 Å². The van der Waals surface area contributed by atoms with Crippen LogP contribution in [-0.4, -0.2) is 33.7 Å². The highest BCUT2D eigenvalue weighted by molar-refractivity contribution is 5.92. The molecular weight excluding hydrogens is 252 g/mol. The van der Waals surface area contributed by atoms with Crippen molar-refractivity contribution in [1.29, 1.82) is 0 Å². The summed E-state index contributed by atoms with van der Waals surface area (Å²) in [4.78, 5) is 14.2. The second kappa shape index (κ2) is 5.36. The van der Waals surface area contributed by atoms with Crippen molar-refractivity contribution in [2.45, 2.75) is 19.3 Å². The highest BCUT2D eigenvalue weighted by Crippen LogP contribution is 2.17. The van der Waals surface area contributed by atoms with Gasteiger partial charge in [-0.05, 0) is 37.5 Å². The fraction of sp³-hybridized carbons (Fsp3) is 0.333. The van der Waals surface area contributed by atoms with Crippen LogP contribution in [0.15, 0.2) is 36.5 Å². The van der Waals surface area contributed by atoms with E-state index >= 15 is 0 Å². The Hall–Kier alpha value is -2.30. The molecule has 20 heavy (non-hydrogen) atoms. The zero-order chi connectivity index (χ0) is 13.9. The second-order valence-corrected chi connectivity index (χ2v) is 5.06. The standard InChI is InChI=1S/C15H18N4O/c16-12-6-2-3-7-14(12)19-11-8-13(17-19)15(20)18-9-4-1-5-10-18/h2-3,6-8,11H,1,4-5,9-10,16H2. The van der Waals surface area contributed by atoms with Gasteiger partial charge in [0.05, 0.1) is 11.4 Å². The van der Waals surface area contributed by atoms with E-state index in [1.165, 1.54) is 6.42 Å². The number of likely N-dealkylation sites (tertiary alicyclic amines) is 1. The average molecular weight is 270 g/mol. The molecule has 1 aromatic heterocycles. The van der Waals surface area contributed by atoms with Crippen molar-refractivity contribution < 1.29 is 4.79 Å². The fourth-order valence-electron chi connectivity index (χ4n) is 2.53. The number of nitrogens with zero attached hydrogens (tertiary/aromatic N) is 3. The van der Waals surface area contributed by atoms with Gasteiger partial charge in [0.15, 0.2) is 5.69 Å². The molecule has 1 aliphatic rings. The van der Waals surface area contributed by atoms with Crippen LogP contribution in [0.1, 0.15) is 29.8 Å². The molecule has 5 nitrogen and oxygen atoms in total. The number of carbonyl (C=O) groups excluding carboxylic acids is 1. The number of hydrogen-bond donors (Lipinski definition) is 1. The third kappa shape index (κ3) is 2.39. The third-order valence-electron chi connectivity index (χ3n) is 3.64. The van der Waals surface area contributed by atoms with Crippen LogP contribution in [0.5, 0.6) is 0 Å². The molecule has 0 spiro atoms. The number of anilines is 1. The van der Waals surface area contributed by atoms with E-state index in [1.807, 2.05) is 29.2 Å². The van der Waals surface area contributed by atoms with E-state index in [4.69, 9.17) is 5.73 Å². The molecular formula is C15H18N4O. The molecule has 0 aliphatic carbocycles. The molecule has 0 atom stereocenters. The van der Waals surface area contributed by atoms with E-state index in [2.05, 4.69) is 5.10 Å². The third-order valence-corrected chi connectivity index (χ3v) is 3.64. The van der Waals surface area contributed by atoms with Gasteiger partial charge < -0.3 is 10.6 Å². The van der Waals surface area contributed by atoms with Crippen molar-refractivity contribution in [3.63, 3.8) is 0 Å². The largest absolute Gasteiger partial charge is 0.397 e. The molecule has 0 radical (unpaired) electrons. The van der Waals surface area contributed by atoms with Crippen molar-refractivity contribution in [3.05, 3.63) is 42.2 Å². The molecule has 1 fully saturated rings. The maximum Gasteiger partial charge on any atom is 0.274 e. The van der Waals surface area contributed by atoms with E-state index in [-0.39, 0.29) is 5.91 Å². The van der Waals surface area contributed by atoms with Gasteiger partial charge in [-0.25, -0.2) is 4.68 Å². The van der Waals surface area contributed by atoms with E-state index in [0.717, 1.165) is 31.6 Å². The van der Waals surface area contributed by atoms with Gasteiger partial charge in [-0.1, -0.05) is 12.1 Å².